The molecule has 1 aliphatic carbocycles. The summed E-state index contributed by atoms with van der Waals surface area (Å²) < 4.78 is 12.5. The highest BCUT2D eigenvalue weighted by Crippen LogP contribution is 2.39. The molecule has 0 unspecified atom stereocenters. The molecule has 0 saturated heterocycles. The molecule has 212 valence electrons. The number of nitrogens with zero attached hydrogens (tertiary/aromatic N) is 2. The van der Waals surface area contributed by atoms with E-state index >= 15 is 0 Å². The van der Waals surface area contributed by atoms with Gasteiger partial charge >= 0.3 is 12.1 Å². The van der Waals surface area contributed by atoms with E-state index in [0.717, 1.165) is 58.8 Å². The summed E-state index contributed by atoms with van der Waals surface area (Å²) >= 11 is 1.66. The monoisotopic (exact) mass is 564 g/mol. The molecule has 0 aliphatic heterocycles. The molecule has 9 nitrogen and oxygen atoms in total. The van der Waals surface area contributed by atoms with Crippen molar-refractivity contribution in [1.29, 1.82) is 0 Å². The van der Waals surface area contributed by atoms with Crippen LogP contribution in [0.2, 0.25) is 0 Å². The summed E-state index contributed by atoms with van der Waals surface area (Å²) in [6.45, 7) is 8.06. The molecule has 3 aromatic rings. The van der Waals surface area contributed by atoms with Crippen molar-refractivity contribution in [3.8, 4) is 5.00 Å². The van der Waals surface area contributed by atoms with Crippen LogP contribution >= 0.6 is 11.3 Å². The van der Waals surface area contributed by atoms with Gasteiger partial charge in [0.05, 0.1) is 37.5 Å². The van der Waals surface area contributed by atoms with E-state index in [1.165, 1.54) is 4.88 Å². The number of ether oxygens (including phenoxy) is 2. The van der Waals surface area contributed by atoms with Crippen LogP contribution < -0.4 is 10.7 Å². The number of rotatable bonds is 10. The summed E-state index contributed by atoms with van der Waals surface area (Å²) in [6, 6.07) is 10.7. The molecule has 2 aromatic heterocycles. The van der Waals surface area contributed by atoms with Crippen LogP contribution in [0.5, 0.6) is 0 Å². The van der Waals surface area contributed by atoms with Crippen LogP contribution in [0.1, 0.15) is 82.5 Å². The van der Waals surface area contributed by atoms with Crippen molar-refractivity contribution in [2.24, 2.45) is 5.10 Å². The van der Waals surface area contributed by atoms with Gasteiger partial charge in [-0.3, -0.25) is 4.79 Å². The van der Waals surface area contributed by atoms with E-state index in [1.54, 1.807) is 24.5 Å². The Balaban J connectivity index is 1.52. The van der Waals surface area contributed by atoms with Crippen molar-refractivity contribution in [2.75, 3.05) is 13.2 Å². The number of carbonyl (C=O) groups is 3. The predicted molar refractivity (Wildman–Crippen MR) is 155 cm³/mol. The van der Waals surface area contributed by atoms with Crippen LogP contribution in [0.25, 0.3) is 5.00 Å². The van der Waals surface area contributed by atoms with E-state index in [1.807, 2.05) is 57.2 Å². The smallest absolute Gasteiger partial charge is 0.407 e. The average molecular weight is 565 g/mol. The highest BCUT2D eigenvalue weighted by molar-refractivity contribution is 7.15. The van der Waals surface area contributed by atoms with Gasteiger partial charge in [0.1, 0.15) is 5.00 Å². The van der Waals surface area contributed by atoms with Gasteiger partial charge in [-0.25, -0.2) is 15.0 Å². The number of aryl methyl sites for hydroxylation is 2. The van der Waals surface area contributed by atoms with E-state index in [2.05, 4.69) is 20.4 Å². The summed E-state index contributed by atoms with van der Waals surface area (Å²) in [5.41, 5.74) is 7.83. The van der Waals surface area contributed by atoms with Gasteiger partial charge in [-0.15, -0.1) is 11.3 Å². The minimum absolute atomic E-state index is 0.0111. The average Bonchev–Trinajstić information content (AvgIpc) is 3.45. The second kappa shape index (κ2) is 13.4. The number of benzene rings is 1. The molecule has 4 rings (SSSR count). The molecule has 1 atom stereocenters. The van der Waals surface area contributed by atoms with Gasteiger partial charge in [0.2, 0.25) is 5.91 Å². The molecule has 0 spiro atoms. The Morgan fingerprint density at radius 1 is 1.07 bits per heavy atom. The molecule has 0 fully saturated rings. The third-order valence-electron chi connectivity index (χ3n) is 6.86. The first-order chi connectivity index (χ1) is 19.3. The van der Waals surface area contributed by atoms with Gasteiger partial charge in [0.25, 0.3) is 0 Å². The van der Waals surface area contributed by atoms with Crippen molar-refractivity contribution in [3.63, 3.8) is 0 Å². The second-order valence-corrected chi connectivity index (χ2v) is 10.7. The Labute approximate surface area is 238 Å². The van der Waals surface area contributed by atoms with Gasteiger partial charge in [-0.05, 0) is 70.6 Å². The Morgan fingerprint density at radius 3 is 2.52 bits per heavy atom. The van der Waals surface area contributed by atoms with E-state index in [-0.39, 0.29) is 24.9 Å². The SMILES string of the molecule is CCOC(=O)N[C@@H](CC(=O)N/N=C\c1cc(C)n(-c2sc3c(c2C(=O)OCC)CCCC3)c1C)c1ccccc1. The number of hydrogen-bond donors (Lipinski definition) is 2. The summed E-state index contributed by atoms with van der Waals surface area (Å²) in [7, 11) is 0. The summed E-state index contributed by atoms with van der Waals surface area (Å²) in [5.74, 6) is -0.637. The number of hydrogen-bond acceptors (Lipinski definition) is 7. The molecule has 0 bridgehead atoms. The maximum atomic E-state index is 13.0. The number of amides is 2. The zero-order chi connectivity index (χ0) is 28.6. The lowest BCUT2D eigenvalue weighted by Crippen LogP contribution is -2.33. The van der Waals surface area contributed by atoms with Crippen molar-refractivity contribution in [1.82, 2.24) is 15.3 Å². The number of carbonyl (C=O) groups excluding carboxylic acids is 3. The molecule has 0 radical (unpaired) electrons. The van der Waals surface area contributed by atoms with Crippen molar-refractivity contribution in [2.45, 2.75) is 65.8 Å². The van der Waals surface area contributed by atoms with Crippen LogP contribution in [0, 0.1) is 13.8 Å². The quantitative estimate of drug-likeness (QED) is 0.191. The second-order valence-electron chi connectivity index (χ2n) is 9.60. The number of aromatic nitrogens is 1. The van der Waals surface area contributed by atoms with E-state index in [0.29, 0.717) is 12.2 Å². The number of hydrazone groups is 1. The van der Waals surface area contributed by atoms with Crippen LogP contribution in [0.4, 0.5) is 4.79 Å². The van der Waals surface area contributed by atoms with Gasteiger partial charge in [0, 0.05) is 21.8 Å². The molecule has 2 N–H and O–H groups in total. The van der Waals surface area contributed by atoms with E-state index in [4.69, 9.17) is 9.47 Å². The molecule has 2 heterocycles. The molecular weight excluding hydrogens is 528 g/mol. The number of thiophene rings is 1. The minimum atomic E-state index is -0.586. The number of nitrogens with one attached hydrogen (secondary N) is 2. The van der Waals surface area contributed by atoms with Gasteiger partial charge in [-0.1, -0.05) is 30.3 Å². The molecule has 1 aliphatic rings. The fourth-order valence-electron chi connectivity index (χ4n) is 5.01. The van der Waals surface area contributed by atoms with E-state index in [9.17, 15) is 14.4 Å². The molecule has 2 amide bonds. The van der Waals surface area contributed by atoms with Crippen molar-refractivity contribution in [3.05, 3.63) is 74.9 Å². The highest BCUT2D eigenvalue weighted by atomic mass is 32.1. The Hall–Kier alpha value is -3.92. The summed E-state index contributed by atoms with van der Waals surface area (Å²) in [5, 5.41) is 7.81. The largest absolute Gasteiger partial charge is 0.462 e. The van der Waals surface area contributed by atoms with Crippen LogP contribution in [-0.4, -0.2) is 42.0 Å². The van der Waals surface area contributed by atoms with Crippen LogP contribution in [-0.2, 0) is 27.1 Å². The first-order valence-electron chi connectivity index (χ1n) is 13.6. The number of alkyl carbamates (subject to hydrolysis) is 1. The van der Waals surface area contributed by atoms with Crippen LogP contribution in [0.3, 0.4) is 0 Å². The molecule has 1 aromatic carbocycles. The summed E-state index contributed by atoms with van der Waals surface area (Å²) in [4.78, 5) is 39.1. The first-order valence-corrected chi connectivity index (χ1v) is 14.5. The topological polar surface area (TPSA) is 111 Å². The van der Waals surface area contributed by atoms with Crippen molar-refractivity contribution >= 4 is 35.5 Å². The maximum Gasteiger partial charge on any atom is 0.407 e. The zero-order valence-electron chi connectivity index (χ0n) is 23.4. The minimum Gasteiger partial charge on any atom is -0.462 e. The normalized spacial score (nSPS) is 13.5. The number of fused-ring (bicyclic) bond motifs is 1. The third-order valence-corrected chi connectivity index (χ3v) is 8.13. The standard InChI is InChI=1S/C30H36N4O5S/c1-5-38-29(36)27-23-14-10-11-15-25(23)40-28(27)34-19(3)16-22(20(34)4)18-31-33-26(35)17-24(32-30(37)39-6-2)21-12-8-7-9-13-21/h7-9,12-13,16,18,24H,5-6,10-11,14-15,17H2,1-4H3,(H,32,37)(H,33,35)/b31-18-/t24-/m0/s1. The molecule has 0 saturated carbocycles. The molecule has 40 heavy (non-hydrogen) atoms. The number of esters is 1. The molecular formula is C30H36N4O5S. The lowest BCUT2D eigenvalue weighted by molar-refractivity contribution is -0.121. The maximum absolute atomic E-state index is 13.0. The zero-order valence-corrected chi connectivity index (χ0v) is 24.2. The summed E-state index contributed by atoms with van der Waals surface area (Å²) in [6.07, 6.45) is 5.05. The van der Waals surface area contributed by atoms with Gasteiger partial charge in [-0.2, -0.15) is 5.10 Å². The highest BCUT2D eigenvalue weighted by Gasteiger charge is 2.28. The fraction of sp³-hybridized carbons (Fsp3) is 0.400. The first kappa shape index (κ1) is 29.1. The third kappa shape index (κ3) is 6.62. The van der Waals surface area contributed by atoms with E-state index < -0.39 is 12.1 Å². The fourth-order valence-corrected chi connectivity index (χ4v) is 6.50. The lowest BCUT2D eigenvalue weighted by Gasteiger charge is -2.18. The van der Waals surface area contributed by atoms with Gasteiger partial charge in [0.15, 0.2) is 0 Å². The predicted octanol–water partition coefficient (Wildman–Crippen LogP) is 5.54. The van der Waals surface area contributed by atoms with Crippen LogP contribution in [0.15, 0.2) is 41.5 Å². The Kier molecular flexibility index (Phi) is 9.76. The van der Waals surface area contributed by atoms with Gasteiger partial charge < -0.3 is 19.4 Å². The Morgan fingerprint density at radius 2 is 1.80 bits per heavy atom. The lowest BCUT2D eigenvalue weighted by atomic mass is 9.95. The Bertz CT molecular complexity index is 1390. The molecule has 10 heteroatoms. The van der Waals surface area contributed by atoms with Crippen molar-refractivity contribution < 1.29 is 23.9 Å².